The van der Waals surface area contributed by atoms with Gasteiger partial charge in [0.25, 0.3) is 0 Å². The summed E-state index contributed by atoms with van der Waals surface area (Å²) in [6.07, 6.45) is 0.625. The van der Waals surface area contributed by atoms with Gasteiger partial charge in [0.1, 0.15) is 6.04 Å². The Morgan fingerprint density at radius 2 is 1.60 bits per heavy atom. The van der Waals surface area contributed by atoms with Crippen LogP contribution in [0, 0.1) is 5.92 Å². The molecule has 7 heteroatoms. The van der Waals surface area contributed by atoms with Crippen LogP contribution >= 0.6 is 0 Å². The smallest absolute Gasteiger partial charge is 0.329 e. The molecule has 1 heterocycles. The third-order valence-electron chi connectivity index (χ3n) is 4.76. The number of ketones is 1. The van der Waals surface area contributed by atoms with E-state index >= 15 is 0 Å². The van der Waals surface area contributed by atoms with Gasteiger partial charge in [-0.2, -0.15) is 0 Å². The highest BCUT2D eigenvalue weighted by Crippen LogP contribution is 2.20. The number of aromatic nitrogens is 1. The van der Waals surface area contributed by atoms with Gasteiger partial charge in [0, 0.05) is 28.4 Å². The van der Waals surface area contributed by atoms with Crippen LogP contribution in [0.3, 0.4) is 0 Å². The number of ether oxygens (including phenoxy) is 1. The van der Waals surface area contributed by atoms with Crippen molar-refractivity contribution in [3.8, 4) is 0 Å². The SMILES string of the molecule is CC(C)[C@@H](NC(=O)Nc1ccccc1)C(=O)O[C@H](C)C(=O)c1c[nH]c2ccccc12. The first kappa shape index (κ1) is 21.1. The van der Waals surface area contributed by atoms with E-state index in [-0.39, 0.29) is 11.7 Å². The van der Waals surface area contributed by atoms with Gasteiger partial charge < -0.3 is 20.4 Å². The summed E-state index contributed by atoms with van der Waals surface area (Å²) in [6.45, 7) is 5.12. The van der Waals surface area contributed by atoms with Crippen molar-refractivity contribution < 1.29 is 19.1 Å². The molecule has 1 aromatic heterocycles. The Labute approximate surface area is 174 Å². The Bertz CT molecular complexity index is 1040. The Morgan fingerprint density at radius 1 is 0.933 bits per heavy atom. The number of nitrogens with one attached hydrogen (secondary N) is 3. The van der Waals surface area contributed by atoms with Crippen molar-refractivity contribution in [2.24, 2.45) is 5.92 Å². The number of H-pyrrole nitrogens is 1. The number of hydrogen-bond acceptors (Lipinski definition) is 4. The number of para-hydroxylation sites is 2. The minimum Gasteiger partial charge on any atom is -0.453 e. The Morgan fingerprint density at radius 3 is 2.30 bits per heavy atom. The number of amides is 2. The molecule has 0 unspecified atom stereocenters. The van der Waals surface area contributed by atoms with Crippen LogP contribution in [0.4, 0.5) is 10.5 Å². The maximum Gasteiger partial charge on any atom is 0.329 e. The molecule has 3 N–H and O–H groups in total. The molecule has 30 heavy (non-hydrogen) atoms. The van der Waals surface area contributed by atoms with Crippen LogP contribution in [0.1, 0.15) is 31.1 Å². The number of Topliss-reactive ketones (excluding diaryl/α,β-unsaturated/α-hetero) is 1. The lowest BCUT2D eigenvalue weighted by atomic mass is 10.0. The van der Waals surface area contributed by atoms with Crippen LogP contribution in [0.2, 0.25) is 0 Å². The molecule has 0 aliphatic rings. The van der Waals surface area contributed by atoms with Crippen molar-refractivity contribution in [1.29, 1.82) is 0 Å². The molecular formula is C23H25N3O4. The zero-order valence-electron chi connectivity index (χ0n) is 17.1. The number of aromatic amines is 1. The number of urea groups is 1. The van der Waals surface area contributed by atoms with E-state index in [9.17, 15) is 14.4 Å². The monoisotopic (exact) mass is 407 g/mol. The van der Waals surface area contributed by atoms with Crippen molar-refractivity contribution in [1.82, 2.24) is 10.3 Å². The van der Waals surface area contributed by atoms with E-state index in [1.165, 1.54) is 6.92 Å². The van der Waals surface area contributed by atoms with Crippen molar-refractivity contribution in [2.45, 2.75) is 32.9 Å². The second-order valence-corrected chi connectivity index (χ2v) is 7.38. The summed E-state index contributed by atoms with van der Waals surface area (Å²) >= 11 is 0. The molecule has 3 rings (SSSR count). The minimum atomic E-state index is -0.989. The number of hydrogen-bond donors (Lipinski definition) is 3. The predicted octanol–water partition coefficient (Wildman–Crippen LogP) is 4.13. The van der Waals surface area contributed by atoms with Gasteiger partial charge >= 0.3 is 12.0 Å². The number of benzene rings is 2. The largest absolute Gasteiger partial charge is 0.453 e. The van der Waals surface area contributed by atoms with E-state index in [1.54, 1.807) is 44.3 Å². The van der Waals surface area contributed by atoms with Gasteiger partial charge in [0.05, 0.1) is 0 Å². The highest BCUT2D eigenvalue weighted by atomic mass is 16.5. The van der Waals surface area contributed by atoms with Crippen LogP contribution in [0.15, 0.2) is 60.8 Å². The molecule has 0 saturated heterocycles. The van der Waals surface area contributed by atoms with E-state index in [0.717, 1.165) is 10.9 Å². The summed E-state index contributed by atoms with van der Waals surface area (Å²) in [6, 6.07) is 14.9. The van der Waals surface area contributed by atoms with Gasteiger partial charge in [-0.1, -0.05) is 50.2 Å². The van der Waals surface area contributed by atoms with E-state index in [2.05, 4.69) is 15.6 Å². The van der Waals surface area contributed by atoms with Crippen LogP contribution < -0.4 is 10.6 Å². The molecule has 0 bridgehead atoms. The third kappa shape index (κ3) is 4.86. The molecule has 0 saturated carbocycles. The molecule has 7 nitrogen and oxygen atoms in total. The molecule has 0 spiro atoms. The highest BCUT2D eigenvalue weighted by molar-refractivity contribution is 6.10. The van der Waals surface area contributed by atoms with Gasteiger partial charge in [-0.3, -0.25) is 4.79 Å². The molecule has 2 atom stereocenters. The van der Waals surface area contributed by atoms with Crippen molar-refractivity contribution in [3.05, 3.63) is 66.4 Å². The predicted molar refractivity (Wildman–Crippen MR) is 115 cm³/mol. The summed E-state index contributed by atoms with van der Waals surface area (Å²) in [7, 11) is 0. The average Bonchev–Trinajstić information content (AvgIpc) is 3.16. The van der Waals surface area contributed by atoms with Gasteiger partial charge in [-0.15, -0.1) is 0 Å². The van der Waals surface area contributed by atoms with Gasteiger partial charge in [0.15, 0.2) is 6.10 Å². The molecule has 0 radical (unpaired) electrons. The van der Waals surface area contributed by atoms with Crippen LogP contribution in [-0.4, -0.2) is 34.9 Å². The summed E-state index contributed by atoms with van der Waals surface area (Å²) in [5.41, 5.74) is 1.90. The molecule has 0 fully saturated rings. The quantitative estimate of drug-likeness (QED) is 0.405. The Balaban J connectivity index is 1.65. The van der Waals surface area contributed by atoms with Crippen LogP contribution in [-0.2, 0) is 9.53 Å². The first-order valence-corrected chi connectivity index (χ1v) is 9.80. The lowest BCUT2D eigenvalue weighted by molar-refractivity contribution is -0.149. The second-order valence-electron chi connectivity index (χ2n) is 7.38. The molecule has 3 aromatic rings. The van der Waals surface area contributed by atoms with Crippen molar-refractivity contribution in [3.63, 3.8) is 0 Å². The molecule has 0 aliphatic carbocycles. The fraction of sp³-hybridized carbons (Fsp3) is 0.261. The number of esters is 1. The summed E-state index contributed by atoms with van der Waals surface area (Å²) in [4.78, 5) is 40.8. The van der Waals surface area contributed by atoms with Crippen LogP contribution in [0.25, 0.3) is 10.9 Å². The lowest BCUT2D eigenvalue weighted by Gasteiger charge is -2.23. The van der Waals surface area contributed by atoms with E-state index in [1.807, 2.05) is 30.3 Å². The number of fused-ring (bicyclic) bond motifs is 1. The minimum absolute atomic E-state index is 0.227. The fourth-order valence-electron chi connectivity index (χ4n) is 3.12. The number of anilines is 1. The third-order valence-corrected chi connectivity index (χ3v) is 4.76. The van der Waals surface area contributed by atoms with Gasteiger partial charge in [-0.25, -0.2) is 9.59 Å². The molecule has 0 aliphatic heterocycles. The van der Waals surface area contributed by atoms with Gasteiger partial charge in [-0.05, 0) is 31.0 Å². The normalized spacial score (nSPS) is 12.9. The second kappa shape index (κ2) is 9.26. The summed E-state index contributed by atoms with van der Waals surface area (Å²) in [5, 5.41) is 6.07. The van der Waals surface area contributed by atoms with E-state index in [0.29, 0.717) is 11.3 Å². The maximum atomic E-state index is 12.8. The average molecular weight is 407 g/mol. The Hall–Kier alpha value is -3.61. The van der Waals surface area contributed by atoms with Crippen molar-refractivity contribution in [2.75, 3.05) is 5.32 Å². The lowest BCUT2D eigenvalue weighted by Crippen LogP contribution is -2.48. The summed E-state index contributed by atoms with van der Waals surface area (Å²) in [5.74, 6) is -1.19. The topological polar surface area (TPSA) is 100 Å². The Kier molecular flexibility index (Phi) is 6.51. The molecule has 2 aromatic carbocycles. The first-order valence-electron chi connectivity index (χ1n) is 9.80. The summed E-state index contributed by atoms with van der Waals surface area (Å²) < 4.78 is 5.41. The molecular weight excluding hydrogens is 382 g/mol. The fourth-order valence-corrected chi connectivity index (χ4v) is 3.12. The zero-order chi connectivity index (χ0) is 21.7. The molecule has 2 amide bonds. The zero-order valence-corrected chi connectivity index (χ0v) is 17.1. The highest BCUT2D eigenvalue weighted by Gasteiger charge is 2.30. The van der Waals surface area contributed by atoms with Crippen LogP contribution in [0.5, 0.6) is 0 Å². The van der Waals surface area contributed by atoms with E-state index in [4.69, 9.17) is 4.74 Å². The molecule has 156 valence electrons. The van der Waals surface area contributed by atoms with E-state index < -0.39 is 24.1 Å². The first-order chi connectivity index (χ1) is 14.4. The number of rotatable bonds is 7. The van der Waals surface area contributed by atoms with Gasteiger partial charge in [0.2, 0.25) is 5.78 Å². The number of carbonyl (C=O) groups is 3. The van der Waals surface area contributed by atoms with Crippen molar-refractivity contribution >= 4 is 34.4 Å². The maximum absolute atomic E-state index is 12.8. The standard InChI is InChI=1S/C23H25N3O4/c1-14(2)20(26-23(29)25-16-9-5-4-6-10-16)22(28)30-15(3)21(27)18-13-24-19-12-8-7-11-17(18)19/h4-15,20,24H,1-3H3,(H2,25,26,29)/t15-,20-/m1/s1. The number of carbonyl (C=O) groups excluding carboxylic acids is 3.